The van der Waals surface area contributed by atoms with Gasteiger partial charge >= 0.3 is 0 Å². The molecule has 1 aliphatic heterocycles. The summed E-state index contributed by atoms with van der Waals surface area (Å²) in [5.74, 6) is -0.210. The second-order valence-corrected chi connectivity index (χ2v) is 5.99. The normalized spacial score (nSPS) is 18.3. The highest BCUT2D eigenvalue weighted by Gasteiger charge is 2.22. The zero-order valence-corrected chi connectivity index (χ0v) is 12.8. The van der Waals surface area contributed by atoms with Crippen molar-refractivity contribution in [1.29, 1.82) is 0 Å². The molecular formula is C15H20BrFN2. The average Bonchev–Trinajstić information content (AvgIpc) is 2.40. The van der Waals surface area contributed by atoms with Crippen LogP contribution >= 0.6 is 15.9 Å². The number of rotatable bonds is 4. The van der Waals surface area contributed by atoms with Gasteiger partial charge in [-0.2, -0.15) is 0 Å². The van der Waals surface area contributed by atoms with E-state index < -0.39 is 0 Å². The molecule has 1 atom stereocenters. The summed E-state index contributed by atoms with van der Waals surface area (Å²) in [6.07, 6.45) is 0.915. The van der Waals surface area contributed by atoms with Gasteiger partial charge in [0.05, 0.1) is 4.47 Å². The minimum Gasteiger partial charge on any atom is -0.314 e. The van der Waals surface area contributed by atoms with E-state index in [0.29, 0.717) is 4.47 Å². The van der Waals surface area contributed by atoms with Gasteiger partial charge in [0.15, 0.2) is 0 Å². The molecule has 1 aliphatic rings. The highest BCUT2D eigenvalue weighted by molar-refractivity contribution is 9.10. The number of nitrogens with one attached hydrogen (secondary N) is 1. The van der Waals surface area contributed by atoms with Crippen molar-refractivity contribution in [3.63, 3.8) is 0 Å². The van der Waals surface area contributed by atoms with E-state index in [4.69, 9.17) is 0 Å². The first kappa shape index (κ1) is 14.7. The van der Waals surface area contributed by atoms with Crippen LogP contribution in [-0.4, -0.2) is 31.1 Å². The Hall–Kier alpha value is -0.710. The summed E-state index contributed by atoms with van der Waals surface area (Å²) in [6.45, 7) is 10.1. The van der Waals surface area contributed by atoms with Crippen LogP contribution in [0.15, 0.2) is 34.8 Å². The summed E-state index contributed by atoms with van der Waals surface area (Å²) in [7, 11) is 0. The van der Waals surface area contributed by atoms with Crippen molar-refractivity contribution >= 4 is 15.9 Å². The van der Waals surface area contributed by atoms with Crippen molar-refractivity contribution in [2.24, 2.45) is 0 Å². The van der Waals surface area contributed by atoms with Gasteiger partial charge in [0.25, 0.3) is 0 Å². The summed E-state index contributed by atoms with van der Waals surface area (Å²) in [4.78, 5) is 2.45. The fraction of sp³-hybridized carbons (Fsp3) is 0.467. The highest BCUT2D eigenvalue weighted by Crippen LogP contribution is 2.30. The molecule has 104 valence electrons. The molecule has 1 aromatic carbocycles. The summed E-state index contributed by atoms with van der Waals surface area (Å²) in [5.41, 5.74) is 2.31. The average molecular weight is 327 g/mol. The minimum absolute atomic E-state index is 0.210. The number of hydrogen-bond acceptors (Lipinski definition) is 2. The smallest absolute Gasteiger partial charge is 0.137 e. The summed E-state index contributed by atoms with van der Waals surface area (Å²) in [5, 5.41) is 3.36. The molecule has 1 heterocycles. The van der Waals surface area contributed by atoms with Crippen LogP contribution in [0, 0.1) is 5.82 Å². The minimum atomic E-state index is -0.210. The quantitative estimate of drug-likeness (QED) is 0.852. The van der Waals surface area contributed by atoms with E-state index in [1.54, 1.807) is 0 Å². The summed E-state index contributed by atoms with van der Waals surface area (Å²) < 4.78 is 13.9. The standard InChI is InChI=1S/C15H20BrFN2/c1-11(2)9-15(19-7-5-18-6-8-19)12-3-4-14(17)13(16)10-12/h3-4,10,15,18H,1,5-9H2,2H3/t15-/m1/s1. The number of nitrogens with zero attached hydrogens (tertiary/aromatic N) is 1. The Bertz CT molecular complexity index is 455. The molecule has 2 nitrogen and oxygen atoms in total. The monoisotopic (exact) mass is 326 g/mol. The molecule has 1 fully saturated rings. The number of piperazine rings is 1. The molecule has 0 saturated carbocycles. The first-order valence-electron chi connectivity index (χ1n) is 6.62. The van der Waals surface area contributed by atoms with Crippen LogP contribution in [0.5, 0.6) is 0 Å². The van der Waals surface area contributed by atoms with Crippen LogP contribution in [0.25, 0.3) is 0 Å². The molecule has 1 saturated heterocycles. The Morgan fingerprint density at radius 2 is 2.16 bits per heavy atom. The van der Waals surface area contributed by atoms with Crippen molar-refractivity contribution in [3.8, 4) is 0 Å². The molecule has 19 heavy (non-hydrogen) atoms. The fourth-order valence-electron chi connectivity index (χ4n) is 2.50. The molecule has 4 heteroatoms. The highest BCUT2D eigenvalue weighted by atomic mass is 79.9. The second-order valence-electron chi connectivity index (χ2n) is 5.14. The topological polar surface area (TPSA) is 15.3 Å². The lowest BCUT2D eigenvalue weighted by atomic mass is 9.98. The number of halogens is 2. The van der Waals surface area contributed by atoms with E-state index in [-0.39, 0.29) is 11.9 Å². The fourth-order valence-corrected chi connectivity index (χ4v) is 2.90. The van der Waals surface area contributed by atoms with Crippen molar-refractivity contribution in [1.82, 2.24) is 10.2 Å². The van der Waals surface area contributed by atoms with Crippen molar-refractivity contribution < 1.29 is 4.39 Å². The van der Waals surface area contributed by atoms with Crippen molar-refractivity contribution in [2.75, 3.05) is 26.2 Å². The predicted octanol–water partition coefficient (Wildman–Crippen LogP) is 3.50. The molecule has 2 rings (SSSR count). The maximum Gasteiger partial charge on any atom is 0.137 e. The summed E-state index contributed by atoms with van der Waals surface area (Å²) >= 11 is 3.28. The van der Waals surface area contributed by atoms with Gasteiger partial charge in [0.2, 0.25) is 0 Å². The number of hydrogen-bond donors (Lipinski definition) is 1. The first-order valence-corrected chi connectivity index (χ1v) is 7.41. The van der Waals surface area contributed by atoms with Gasteiger partial charge in [-0.05, 0) is 47.0 Å². The Labute approximate surface area is 122 Å². The van der Waals surface area contributed by atoms with Crippen LogP contribution < -0.4 is 5.32 Å². The molecule has 0 radical (unpaired) electrons. The molecule has 0 bridgehead atoms. The van der Waals surface area contributed by atoms with E-state index in [0.717, 1.165) is 43.7 Å². The van der Waals surface area contributed by atoms with Crippen molar-refractivity contribution in [3.05, 3.63) is 46.2 Å². The maximum absolute atomic E-state index is 13.4. The molecule has 0 aliphatic carbocycles. The zero-order valence-electron chi connectivity index (χ0n) is 11.3. The first-order chi connectivity index (χ1) is 9.08. The molecular weight excluding hydrogens is 307 g/mol. The largest absolute Gasteiger partial charge is 0.314 e. The van der Waals surface area contributed by atoms with Crippen LogP contribution in [0.2, 0.25) is 0 Å². The van der Waals surface area contributed by atoms with E-state index in [9.17, 15) is 4.39 Å². The van der Waals surface area contributed by atoms with Gasteiger partial charge in [-0.1, -0.05) is 11.6 Å². The Balaban J connectivity index is 2.24. The third kappa shape index (κ3) is 3.88. The zero-order chi connectivity index (χ0) is 13.8. The lowest BCUT2D eigenvalue weighted by molar-refractivity contribution is 0.172. The second kappa shape index (κ2) is 6.64. The van der Waals surface area contributed by atoms with Gasteiger partial charge in [-0.25, -0.2) is 4.39 Å². The van der Waals surface area contributed by atoms with Crippen LogP contribution in [0.4, 0.5) is 4.39 Å². The van der Waals surface area contributed by atoms with Crippen LogP contribution in [0.3, 0.4) is 0 Å². The maximum atomic E-state index is 13.4. The van der Waals surface area contributed by atoms with Crippen LogP contribution in [0.1, 0.15) is 24.9 Å². The molecule has 0 unspecified atom stereocenters. The molecule has 1 N–H and O–H groups in total. The van der Waals surface area contributed by atoms with Gasteiger partial charge in [0, 0.05) is 32.2 Å². The SMILES string of the molecule is C=C(C)C[C@H](c1ccc(F)c(Br)c1)N1CCNCC1. The van der Waals surface area contributed by atoms with Gasteiger partial charge < -0.3 is 5.32 Å². The predicted molar refractivity (Wildman–Crippen MR) is 80.7 cm³/mol. The van der Waals surface area contributed by atoms with Gasteiger partial charge in [-0.3, -0.25) is 4.90 Å². The lowest BCUT2D eigenvalue weighted by Gasteiger charge is -2.35. The van der Waals surface area contributed by atoms with E-state index in [1.165, 1.54) is 6.07 Å². The third-order valence-corrected chi connectivity index (χ3v) is 4.07. The van der Waals surface area contributed by atoms with E-state index >= 15 is 0 Å². The molecule has 1 aromatic rings. The molecule has 0 aromatic heterocycles. The van der Waals surface area contributed by atoms with E-state index in [2.05, 4.69) is 32.7 Å². The van der Waals surface area contributed by atoms with Crippen molar-refractivity contribution in [2.45, 2.75) is 19.4 Å². The Morgan fingerprint density at radius 3 is 2.74 bits per heavy atom. The summed E-state index contributed by atoms with van der Waals surface area (Å²) in [6, 6.07) is 5.60. The van der Waals surface area contributed by atoms with Gasteiger partial charge in [-0.15, -0.1) is 6.58 Å². The lowest BCUT2D eigenvalue weighted by Crippen LogP contribution is -2.45. The van der Waals surface area contributed by atoms with Gasteiger partial charge in [0.1, 0.15) is 5.82 Å². The third-order valence-electron chi connectivity index (χ3n) is 3.46. The number of benzene rings is 1. The Kier molecular flexibility index (Phi) is 5.13. The van der Waals surface area contributed by atoms with E-state index in [1.807, 2.05) is 19.1 Å². The Morgan fingerprint density at radius 1 is 1.47 bits per heavy atom. The van der Waals surface area contributed by atoms with Crippen LogP contribution in [-0.2, 0) is 0 Å². The molecule has 0 amide bonds. The molecule has 0 spiro atoms.